The van der Waals surface area contributed by atoms with Gasteiger partial charge < -0.3 is 29.8 Å². The molecule has 5 N–H and O–H groups in total. The van der Waals surface area contributed by atoms with Gasteiger partial charge in [-0.15, -0.1) is 0 Å². The lowest BCUT2D eigenvalue weighted by atomic mass is 9.98. The number of rotatable bonds is 14. The number of aromatic nitrogens is 2. The highest BCUT2D eigenvalue weighted by molar-refractivity contribution is 5.90. The van der Waals surface area contributed by atoms with Gasteiger partial charge in [-0.05, 0) is 61.1 Å². The summed E-state index contributed by atoms with van der Waals surface area (Å²) in [6.45, 7) is 2.43. The van der Waals surface area contributed by atoms with Crippen LogP contribution in [-0.4, -0.2) is 62.3 Å². The van der Waals surface area contributed by atoms with Gasteiger partial charge in [-0.1, -0.05) is 61.4 Å². The van der Waals surface area contributed by atoms with Crippen LogP contribution in [0.1, 0.15) is 92.9 Å². The van der Waals surface area contributed by atoms with E-state index >= 15 is 0 Å². The summed E-state index contributed by atoms with van der Waals surface area (Å²) in [4.78, 5) is 41.8. The molecule has 0 saturated carbocycles. The van der Waals surface area contributed by atoms with Gasteiger partial charge in [0, 0.05) is 56.2 Å². The first-order valence-corrected chi connectivity index (χ1v) is 17.6. The minimum atomic E-state index is -0.601. The maximum Gasteiger partial charge on any atom is 0.326 e. The molecular formula is C38H47N5O7. The van der Waals surface area contributed by atoms with Gasteiger partial charge in [0.25, 0.3) is 0 Å². The molecule has 2 aliphatic rings. The molecule has 3 heterocycles. The van der Waals surface area contributed by atoms with E-state index in [1.807, 2.05) is 77.4 Å². The van der Waals surface area contributed by atoms with Crippen molar-refractivity contribution in [2.75, 3.05) is 25.0 Å². The number of para-hydroxylation sites is 2. The normalized spacial score (nSPS) is 20.2. The van der Waals surface area contributed by atoms with Gasteiger partial charge in [0.05, 0.1) is 29.8 Å². The third kappa shape index (κ3) is 9.06. The quantitative estimate of drug-likeness (QED) is 0.0663. The van der Waals surface area contributed by atoms with Crippen molar-refractivity contribution in [1.29, 1.82) is 0 Å². The van der Waals surface area contributed by atoms with Crippen LogP contribution in [0.2, 0.25) is 0 Å². The monoisotopic (exact) mass is 685 g/mol. The summed E-state index contributed by atoms with van der Waals surface area (Å²) in [7, 11) is 0. The molecular weight excluding hydrogens is 638 g/mol. The number of hydroxylamine groups is 1. The number of carbonyl (C=O) groups excluding carboxylic acids is 2. The molecule has 3 aromatic carbocycles. The van der Waals surface area contributed by atoms with Crippen molar-refractivity contribution in [2.24, 2.45) is 0 Å². The molecule has 50 heavy (non-hydrogen) atoms. The largest absolute Gasteiger partial charge is 0.392 e. The molecule has 266 valence electrons. The van der Waals surface area contributed by atoms with Crippen LogP contribution in [0.3, 0.4) is 0 Å². The van der Waals surface area contributed by atoms with Crippen molar-refractivity contribution in [2.45, 2.75) is 88.9 Å². The van der Waals surface area contributed by atoms with Crippen molar-refractivity contribution in [3.8, 4) is 0 Å². The van der Waals surface area contributed by atoms with Crippen LogP contribution in [0.25, 0.3) is 11.0 Å². The maximum absolute atomic E-state index is 12.8. The van der Waals surface area contributed by atoms with Crippen LogP contribution in [0.5, 0.6) is 0 Å². The van der Waals surface area contributed by atoms with Gasteiger partial charge in [-0.25, -0.2) is 10.3 Å². The van der Waals surface area contributed by atoms with Crippen LogP contribution in [0, 0.1) is 0 Å². The molecule has 12 nitrogen and oxygen atoms in total. The zero-order chi connectivity index (χ0) is 34.9. The number of unbranched alkanes of at least 4 members (excludes halogenated alkanes) is 3. The van der Waals surface area contributed by atoms with Gasteiger partial charge in [0.1, 0.15) is 0 Å². The molecule has 2 aliphatic heterocycles. The Hall–Kier alpha value is -4.33. The minimum Gasteiger partial charge on any atom is -0.392 e. The van der Waals surface area contributed by atoms with E-state index < -0.39 is 12.2 Å². The Morgan fingerprint density at radius 1 is 0.840 bits per heavy atom. The zero-order valence-corrected chi connectivity index (χ0v) is 28.3. The second-order valence-electron chi connectivity index (χ2n) is 13.3. The van der Waals surface area contributed by atoms with Crippen LogP contribution >= 0.6 is 0 Å². The number of hydrogen-bond acceptors (Lipinski definition) is 8. The fraction of sp³-hybridized carbons (Fsp3) is 0.447. The lowest BCUT2D eigenvalue weighted by Crippen LogP contribution is -2.43. The third-order valence-electron chi connectivity index (χ3n) is 9.77. The van der Waals surface area contributed by atoms with Crippen LogP contribution in [-0.2, 0) is 25.7 Å². The van der Waals surface area contributed by atoms with Crippen molar-refractivity contribution in [1.82, 2.24) is 19.9 Å². The van der Waals surface area contributed by atoms with Gasteiger partial charge in [0.15, 0.2) is 6.29 Å². The number of anilines is 1. The van der Waals surface area contributed by atoms with E-state index in [1.165, 1.54) is 0 Å². The van der Waals surface area contributed by atoms with Crippen LogP contribution in [0.4, 0.5) is 5.69 Å². The van der Waals surface area contributed by atoms with E-state index in [-0.39, 0.29) is 42.9 Å². The average Bonchev–Trinajstić information content (AvgIpc) is 3.49. The third-order valence-corrected chi connectivity index (χ3v) is 9.77. The Kier molecular flexibility index (Phi) is 12.1. The lowest BCUT2D eigenvalue weighted by molar-refractivity contribution is -0.253. The molecule has 0 spiro atoms. The predicted molar refractivity (Wildman–Crippen MR) is 188 cm³/mol. The number of fused-ring (bicyclic) bond motifs is 1. The summed E-state index contributed by atoms with van der Waals surface area (Å²) in [5.74, 6) is -0.462. The topological polar surface area (TPSA) is 158 Å². The number of benzene rings is 3. The number of imidazole rings is 1. The summed E-state index contributed by atoms with van der Waals surface area (Å²) in [5.41, 5.74) is 6.81. The Labute approximate surface area is 291 Å². The van der Waals surface area contributed by atoms with Gasteiger partial charge in [-0.3, -0.25) is 19.4 Å². The number of aliphatic hydroxyl groups is 1. The smallest absolute Gasteiger partial charge is 0.326 e. The van der Waals surface area contributed by atoms with Crippen LogP contribution in [0.15, 0.2) is 77.6 Å². The van der Waals surface area contributed by atoms with Gasteiger partial charge in [0.2, 0.25) is 11.8 Å². The van der Waals surface area contributed by atoms with Crippen molar-refractivity contribution in [3.63, 3.8) is 0 Å². The van der Waals surface area contributed by atoms with E-state index in [9.17, 15) is 19.5 Å². The Morgan fingerprint density at radius 2 is 1.52 bits per heavy atom. The number of nitrogens with zero attached hydrogens (tertiary/aromatic N) is 2. The second kappa shape index (κ2) is 17.1. The number of likely N-dealkylation sites (tertiary alicyclic amines) is 1. The van der Waals surface area contributed by atoms with E-state index in [0.29, 0.717) is 24.9 Å². The first-order chi connectivity index (χ1) is 24.4. The molecule has 12 heteroatoms. The minimum absolute atomic E-state index is 0.0187. The molecule has 2 saturated heterocycles. The highest BCUT2D eigenvalue weighted by atomic mass is 16.7. The summed E-state index contributed by atoms with van der Waals surface area (Å²) >= 11 is 0. The first-order valence-electron chi connectivity index (χ1n) is 17.6. The van der Waals surface area contributed by atoms with Crippen molar-refractivity contribution < 1.29 is 29.4 Å². The number of carbonyl (C=O) groups is 2. The maximum atomic E-state index is 12.8. The van der Waals surface area contributed by atoms with Gasteiger partial charge >= 0.3 is 5.69 Å². The van der Waals surface area contributed by atoms with Crippen molar-refractivity contribution in [3.05, 3.63) is 100.0 Å². The number of amides is 2. The molecule has 6 rings (SSSR count). The number of H-pyrrole nitrogens is 1. The fourth-order valence-corrected chi connectivity index (χ4v) is 7.05. The first kappa shape index (κ1) is 35.5. The van der Waals surface area contributed by atoms with E-state index in [0.717, 1.165) is 79.5 Å². The molecule has 1 aromatic heterocycles. The number of nitrogens with one attached hydrogen (secondary N) is 3. The van der Waals surface area contributed by atoms with Crippen molar-refractivity contribution >= 4 is 28.5 Å². The second-order valence-corrected chi connectivity index (χ2v) is 13.3. The van der Waals surface area contributed by atoms with E-state index in [1.54, 1.807) is 5.48 Å². The Morgan fingerprint density at radius 3 is 2.22 bits per heavy atom. The molecule has 0 bridgehead atoms. The molecule has 2 fully saturated rings. The number of aromatic amines is 1. The number of hydrogen-bond donors (Lipinski definition) is 5. The highest BCUT2D eigenvalue weighted by Gasteiger charge is 2.34. The average molecular weight is 686 g/mol. The Balaban J connectivity index is 1.06. The van der Waals surface area contributed by atoms with Gasteiger partial charge in [-0.2, -0.15) is 0 Å². The van der Waals surface area contributed by atoms with E-state index in [4.69, 9.17) is 14.7 Å². The molecule has 3 unspecified atom stereocenters. The molecule has 2 amide bonds. The molecule has 4 aromatic rings. The Bertz CT molecular complexity index is 1760. The summed E-state index contributed by atoms with van der Waals surface area (Å²) in [6, 6.07) is 23.4. The summed E-state index contributed by atoms with van der Waals surface area (Å²) in [5, 5.41) is 21.1. The van der Waals surface area contributed by atoms with E-state index in [2.05, 4.69) is 15.2 Å². The standard InChI is InChI=1S/C38H47N5O7/c44-25-26-11-13-27(14-12-26)34-23-31(24-42-21-19-30(20-22-42)43-33-8-6-5-7-32(33)40-38(43)47)49-37(50-34)28-15-17-29(18-16-28)39-35(45)9-3-1-2-4-10-36(46)41-48/h5-8,11-18,30-31,34,37,44,48H,1-4,9-10,19-25H2,(H,39,45)(H,40,47)(H,41,46). The van der Waals surface area contributed by atoms with Crippen LogP contribution < -0.4 is 16.5 Å². The zero-order valence-electron chi connectivity index (χ0n) is 28.3. The summed E-state index contributed by atoms with van der Waals surface area (Å²) in [6.07, 6.45) is 5.21. The summed E-state index contributed by atoms with van der Waals surface area (Å²) < 4.78 is 15.0. The molecule has 3 atom stereocenters. The molecule has 0 radical (unpaired) electrons. The highest BCUT2D eigenvalue weighted by Crippen LogP contribution is 2.39. The SMILES string of the molecule is O=C(CCCCCCC(=O)Nc1ccc(C2OC(CN3CCC(n4c(=O)[nH]c5ccccc54)CC3)CC(c3ccc(CO)cc3)O2)cc1)NO. The number of aliphatic hydroxyl groups excluding tert-OH is 1. The number of piperidine rings is 1. The molecule has 0 aliphatic carbocycles. The fourth-order valence-electron chi connectivity index (χ4n) is 7.05. The number of ether oxygens (including phenoxy) is 2. The lowest BCUT2D eigenvalue weighted by Gasteiger charge is -2.40. The predicted octanol–water partition coefficient (Wildman–Crippen LogP) is 5.49.